The van der Waals surface area contributed by atoms with Crippen LogP contribution in [0.15, 0.2) is 0 Å². The topological polar surface area (TPSA) is 78.8 Å². The Morgan fingerprint density at radius 2 is 2.06 bits per heavy atom. The van der Waals surface area contributed by atoms with Crippen molar-refractivity contribution in [2.24, 2.45) is 5.92 Å². The molecule has 0 aliphatic heterocycles. The zero-order valence-corrected chi connectivity index (χ0v) is 10.3. The summed E-state index contributed by atoms with van der Waals surface area (Å²) in [6, 6.07) is 0.0989. The van der Waals surface area contributed by atoms with Crippen molar-refractivity contribution in [3.05, 3.63) is 0 Å². The molecule has 0 aromatic carbocycles. The number of hydrogen-bond donors (Lipinski definition) is 3. The van der Waals surface area contributed by atoms with Crippen molar-refractivity contribution in [1.29, 1.82) is 0 Å². The molecule has 0 rings (SSSR count). The highest BCUT2D eigenvalue weighted by molar-refractivity contribution is 5.69. The Bertz CT molecular complexity index is 198. The van der Waals surface area contributed by atoms with Crippen LogP contribution in [0.4, 0.5) is 0 Å². The average molecular weight is 233 g/mol. The molecule has 0 aliphatic carbocycles. The molecule has 3 atom stereocenters. The van der Waals surface area contributed by atoms with Crippen molar-refractivity contribution in [2.45, 2.75) is 39.3 Å². The van der Waals surface area contributed by atoms with Gasteiger partial charge in [0.1, 0.15) is 0 Å². The number of hydrogen-bond acceptors (Lipinski definition) is 5. The minimum atomic E-state index is -0.743. The molecular formula is C11H23NO4. The summed E-state index contributed by atoms with van der Waals surface area (Å²) in [4.78, 5) is 11.0. The lowest BCUT2D eigenvalue weighted by atomic mass is 10.0. The lowest BCUT2D eigenvalue weighted by Gasteiger charge is -2.21. The monoisotopic (exact) mass is 233 g/mol. The van der Waals surface area contributed by atoms with Crippen molar-refractivity contribution in [2.75, 3.05) is 19.8 Å². The number of rotatable bonds is 8. The molecule has 5 heteroatoms. The molecular weight excluding hydrogens is 210 g/mol. The number of carbonyl (C=O) groups excluding carboxylic acids is 1. The number of carbonyl (C=O) groups is 1. The lowest BCUT2D eigenvalue weighted by Crippen LogP contribution is -2.39. The zero-order valence-electron chi connectivity index (χ0n) is 10.3. The SMILES string of the molecule is CCOC(=O)CC(O)CNC(C)C(C)CO. The Labute approximate surface area is 96.8 Å². The quantitative estimate of drug-likeness (QED) is 0.511. The highest BCUT2D eigenvalue weighted by Gasteiger charge is 2.15. The molecule has 0 aromatic rings. The predicted octanol–water partition coefficient (Wildman–Crippen LogP) is -0.0930. The number of aliphatic hydroxyl groups is 2. The van der Waals surface area contributed by atoms with Crippen LogP contribution in [-0.2, 0) is 9.53 Å². The Morgan fingerprint density at radius 1 is 1.44 bits per heavy atom. The summed E-state index contributed by atoms with van der Waals surface area (Å²) in [5.74, 6) is -0.269. The Kier molecular flexibility index (Phi) is 8.15. The maximum absolute atomic E-state index is 11.0. The molecule has 0 radical (unpaired) electrons. The van der Waals surface area contributed by atoms with Crippen LogP contribution in [-0.4, -0.2) is 48.1 Å². The minimum Gasteiger partial charge on any atom is -0.466 e. The Balaban J connectivity index is 3.72. The van der Waals surface area contributed by atoms with E-state index in [1.54, 1.807) is 6.92 Å². The van der Waals surface area contributed by atoms with Gasteiger partial charge in [-0.05, 0) is 19.8 Å². The van der Waals surface area contributed by atoms with Crippen molar-refractivity contribution >= 4 is 5.97 Å². The molecule has 0 fully saturated rings. The molecule has 0 aliphatic rings. The molecule has 0 spiro atoms. The third-order valence-corrected chi connectivity index (χ3v) is 2.52. The van der Waals surface area contributed by atoms with E-state index >= 15 is 0 Å². The van der Waals surface area contributed by atoms with E-state index in [4.69, 9.17) is 9.84 Å². The van der Waals surface area contributed by atoms with Gasteiger partial charge < -0.3 is 20.3 Å². The molecule has 0 aromatic heterocycles. The second-order valence-corrected chi connectivity index (χ2v) is 4.02. The van der Waals surface area contributed by atoms with Crippen molar-refractivity contribution in [3.8, 4) is 0 Å². The molecule has 96 valence electrons. The number of ether oxygens (including phenoxy) is 1. The lowest BCUT2D eigenvalue weighted by molar-refractivity contribution is -0.145. The van der Waals surface area contributed by atoms with E-state index in [1.165, 1.54) is 0 Å². The van der Waals surface area contributed by atoms with Gasteiger partial charge in [-0.15, -0.1) is 0 Å². The van der Waals surface area contributed by atoms with E-state index in [1.807, 2.05) is 13.8 Å². The first-order chi connectivity index (χ1) is 7.51. The molecule has 0 saturated carbocycles. The fourth-order valence-electron chi connectivity index (χ4n) is 1.17. The van der Waals surface area contributed by atoms with Gasteiger partial charge in [-0.1, -0.05) is 6.92 Å². The van der Waals surface area contributed by atoms with Gasteiger partial charge >= 0.3 is 5.97 Å². The van der Waals surface area contributed by atoms with Gasteiger partial charge in [-0.3, -0.25) is 4.79 Å². The van der Waals surface area contributed by atoms with Gasteiger partial charge in [-0.2, -0.15) is 0 Å². The van der Waals surface area contributed by atoms with Gasteiger partial charge in [-0.25, -0.2) is 0 Å². The van der Waals surface area contributed by atoms with Crippen LogP contribution < -0.4 is 5.32 Å². The van der Waals surface area contributed by atoms with E-state index in [0.29, 0.717) is 13.2 Å². The molecule has 0 amide bonds. The van der Waals surface area contributed by atoms with E-state index in [2.05, 4.69) is 5.32 Å². The van der Waals surface area contributed by atoms with Gasteiger partial charge in [0.15, 0.2) is 0 Å². The summed E-state index contributed by atoms with van der Waals surface area (Å²) >= 11 is 0. The van der Waals surface area contributed by atoms with Gasteiger partial charge in [0.2, 0.25) is 0 Å². The molecule has 3 unspecified atom stereocenters. The highest BCUT2D eigenvalue weighted by Crippen LogP contribution is 2.01. The third kappa shape index (κ3) is 6.76. The predicted molar refractivity (Wildman–Crippen MR) is 61.0 cm³/mol. The maximum Gasteiger partial charge on any atom is 0.308 e. The number of nitrogens with one attached hydrogen (secondary N) is 1. The van der Waals surface area contributed by atoms with E-state index in [0.717, 1.165) is 0 Å². The minimum absolute atomic E-state index is 0.00106. The normalized spacial score (nSPS) is 16.6. The number of esters is 1. The van der Waals surface area contributed by atoms with Crippen LogP contribution in [0.25, 0.3) is 0 Å². The van der Waals surface area contributed by atoms with E-state index in [-0.39, 0.29) is 31.0 Å². The standard InChI is InChI=1S/C11H23NO4/c1-4-16-11(15)5-10(14)6-12-9(3)8(2)7-13/h8-10,12-14H,4-7H2,1-3H3. The Morgan fingerprint density at radius 3 is 2.56 bits per heavy atom. The van der Waals surface area contributed by atoms with Crippen LogP contribution in [0.2, 0.25) is 0 Å². The van der Waals surface area contributed by atoms with Gasteiger partial charge in [0, 0.05) is 19.2 Å². The van der Waals surface area contributed by atoms with Crippen molar-refractivity contribution in [3.63, 3.8) is 0 Å². The van der Waals surface area contributed by atoms with Crippen LogP contribution in [0.3, 0.4) is 0 Å². The highest BCUT2D eigenvalue weighted by atomic mass is 16.5. The first-order valence-electron chi connectivity index (χ1n) is 5.69. The Hall–Kier alpha value is -0.650. The maximum atomic E-state index is 11.0. The summed E-state index contributed by atoms with van der Waals surface area (Å²) in [6.45, 7) is 6.32. The number of aliphatic hydroxyl groups excluding tert-OH is 2. The van der Waals surface area contributed by atoms with Crippen LogP contribution in [0.1, 0.15) is 27.2 Å². The van der Waals surface area contributed by atoms with Crippen LogP contribution in [0.5, 0.6) is 0 Å². The molecule has 5 nitrogen and oxygen atoms in total. The average Bonchev–Trinajstić information content (AvgIpc) is 2.24. The molecule has 0 saturated heterocycles. The first-order valence-corrected chi connectivity index (χ1v) is 5.69. The second kappa shape index (κ2) is 8.50. The summed E-state index contributed by atoms with van der Waals surface area (Å²) in [5.41, 5.74) is 0. The van der Waals surface area contributed by atoms with E-state index < -0.39 is 6.10 Å². The fourth-order valence-corrected chi connectivity index (χ4v) is 1.17. The molecule has 3 N–H and O–H groups in total. The summed E-state index contributed by atoms with van der Waals surface area (Å²) < 4.78 is 4.72. The van der Waals surface area contributed by atoms with Gasteiger partial charge in [0.05, 0.1) is 19.1 Å². The first kappa shape index (κ1) is 15.3. The van der Waals surface area contributed by atoms with Crippen molar-refractivity contribution in [1.82, 2.24) is 5.32 Å². The smallest absolute Gasteiger partial charge is 0.308 e. The van der Waals surface area contributed by atoms with Crippen LogP contribution in [0, 0.1) is 5.92 Å². The fraction of sp³-hybridized carbons (Fsp3) is 0.909. The summed E-state index contributed by atoms with van der Waals surface area (Å²) in [5, 5.41) is 21.5. The third-order valence-electron chi connectivity index (χ3n) is 2.52. The molecule has 16 heavy (non-hydrogen) atoms. The summed E-state index contributed by atoms with van der Waals surface area (Å²) in [6.07, 6.45) is -0.742. The summed E-state index contributed by atoms with van der Waals surface area (Å²) in [7, 11) is 0. The van der Waals surface area contributed by atoms with Gasteiger partial charge in [0.25, 0.3) is 0 Å². The zero-order chi connectivity index (χ0) is 12.6. The van der Waals surface area contributed by atoms with Crippen molar-refractivity contribution < 1.29 is 19.7 Å². The molecule has 0 bridgehead atoms. The largest absolute Gasteiger partial charge is 0.466 e. The van der Waals surface area contributed by atoms with E-state index in [9.17, 15) is 9.90 Å². The second-order valence-electron chi connectivity index (χ2n) is 4.02. The van der Waals surface area contributed by atoms with Crippen LogP contribution >= 0.6 is 0 Å². The molecule has 0 heterocycles.